The number of hydrogen-bond acceptors (Lipinski definition) is 3. The predicted molar refractivity (Wildman–Crippen MR) is 96.7 cm³/mol. The van der Waals surface area contributed by atoms with Crippen LogP contribution in [0.25, 0.3) is 0 Å². The summed E-state index contributed by atoms with van der Waals surface area (Å²) in [5.74, 6) is 0.386. The standard InChI is InChI=1S/C16H22FN3O2S2/c1-12-2-3-13(10-15(12)17)18-16(23)20-7-5-19(6-8-20)14-4-9-24(21,22)11-14/h2-3,10,14H,4-9,11H2,1H3,(H,18,23)/p+1/t14-/m1/s1. The number of nitrogens with zero attached hydrogens (tertiary/aromatic N) is 1. The smallest absolute Gasteiger partial charge is 0.173 e. The van der Waals surface area contributed by atoms with Crippen LogP contribution in [0.5, 0.6) is 0 Å². The molecule has 2 fully saturated rings. The summed E-state index contributed by atoms with van der Waals surface area (Å²) in [5.41, 5.74) is 1.26. The number of aryl methyl sites for hydroxylation is 1. The average molecular weight is 373 g/mol. The fourth-order valence-electron chi connectivity index (χ4n) is 3.40. The molecule has 1 aromatic carbocycles. The second-order valence-corrected chi connectivity index (χ2v) is 9.25. The summed E-state index contributed by atoms with van der Waals surface area (Å²) in [5, 5.41) is 3.68. The minimum Gasteiger partial charge on any atom is -0.338 e. The molecule has 2 saturated heterocycles. The Kier molecular flexibility index (Phi) is 5.08. The molecular weight excluding hydrogens is 349 g/mol. The van der Waals surface area contributed by atoms with Gasteiger partial charge in [-0.3, -0.25) is 0 Å². The Morgan fingerprint density at radius 2 is 2.08 bits per heavy atom. The number of anilines is 1. The topological polar surface area (TPSA) is 53.9 Å². The quantitative estimate of drug-likeness (QED) is 0.728. The number of quaternary nitrogens is 1. The molecule has 2 aliphatic rings. The summed E-state index contributed by atoms with van der Waals surface area (Å²) in [6.45, 7) is 5.05. The van der Waals surface area contributed by atoms with E-state index in [1.807, 2.05) is 6.07 Å². The van der Waals surface area contributed by atoms with Crippen LogP contribution in [0, 0.1) is 12.7 Å². The van der Waals surface area contributed by atoms with Gasteiger partial charge in [-0.1, -0.05) is 6.07 Å². The largest absolute Gasteiger partial charge is 0.338 e. The summed E-state index contributed by atoms with van der Waals surface area (Å²) < 4.78 is 36.9. The van der Waals surface area contributed by atoms with Crippen molar-refractivity contribution in [3.8, 4) is 0 Å². The van der Waals surface area contributed by atoms with Crippen LogP contribution in [-0.2, 0) is 9.84 Å². The fourth-order valence-corrected chi connectivity index (χ4v) is 5.52. The van der Waals surface area contributed by atoms with Gasteiger partial charge in [-0.2, -0.15) is 0 Å². The molecule has 0 unspecified atom stereocenters. The zero-order valence-electron chi connectivity index (χ0n) is 13.7. The Hall–Kier alpha value is -1.25. The molecule has 8 heteroatoms. The highest BCUT2D eigenvalue weighted by Crippen LogP contribution is 2.14. The molecule has 0 aromatic heterocycles. The highest BCUT2D eigenvalue weighted by Gasteiger charge is 2.37. The highest BCUT2D eigenvalue weighted by molar-refractivity contribution is 7.91. The lowest BCUT2D eigenvalue weighted by Crippen LogP contribution is -3.18. The normalized spacial score (nSPS) is 24.1. The molecule has 0 bridgehead atoms. The van der Waals surface area contributed by atoms with Gasteiger partial charge in [0.05, 0.1) is 31.9 Å². The Labute approximate surface area is 147 Å². The van der Waals surface area contributed by atoms with E-state index >= 15 is 0 Å². The summed E-state index contributed by atoms with van der Waals surface area (Å²) >= 11 is 5.43. The minimum absolute atomic E-state index is 0.227. The van der Waals surface area contributed by atoms with Crippen molar-refractivity contribution in [3.63, 3.8) is 0 Å². The first-order valence-corrected chi connectivity index (χ1v) is 10.4. The molecule has 0 amide bonds. The first-order valence-electron chi connectivity index (χ1n) is 8.21. The number of nitrogens with one attached hydrogen (secondary N) is 2. The van der Waals surface area contributed by atoms with Crippen LogP contribution >= 0.6 is 12.2 Å². The third-order valence-electron chi connectivity index (χ3n) is 4.93. The number of benzene rings is 1. The van der Waals surface area contributed by atoms with Crippen molar-refractivity contribution < 1.29 is 17.7 Å². The number of halogens is 1. The molecule has 1 atom stereocenters. The molecule has 0 aliphatic carbocycles. The SMILES string of the molecule is Cc1ccc(NC(=S)N2CC[NH+]([C@@H]3CCS(=O)(=O)C3)CC2)cc1F. The van der Waals surface area contributed by atoms with E-state index in [1.54, 1.807) is 13.0 Å². The Morgan fingerprint density at radius 1 is 1.38 bits per heavy atom. The van der Waals surface area contributed by atoms with Gasteiger partial charge in [-0.25, -0.2) is 12.8 Å². The molecule has 2 N–H and O–H groups in total. The Balaban J connectivity index is 1.52. The second-order valence-electron chi connectivity index (χ2n) is 6.64. The van der Waals surface area contributed by atoms with Gasteiger partial charge in [-0.05, 0) is 36.8 Å². The van der Waals surface area contributed by atoms with E-state index in [0.29, 0.717) is 27.9 Å². The van der Waals surface area contributed by atoms with Crippen molar-refractivity contribution >= 4 is 32.9 Å². The molecule has 1 aromatic rings. The van der Waals surface area contributed by atoms with E-state index in [-0.39, 0.29) is 11.9 Å². The van der Waals surface area contributed by atoms with Crippen molar-refractivity contribution in [2.45, 2.75) is 19.4 Å². The monoisotopic (exact) mass is 372 g/mol. The van der Waals surface area contributed by atoms with Gasteiger partial charge < -0.3 is 15.1 Å². The zero-order valence-corrected chi connectivity index (χ0v) is 15.4. The molecule has 0 spiro atoms. The first kappa shape index (κ1) is 17.6. The zero-order chi connectivity index (χ0) is 17.3. The molecule has 132 valence electrons. The van der Waals surface area contributed by atoms with Crippen LogP contribution in [0.15, 0.2) is 18.2 Å². The van der Waals surface area contributed by atoms with Crippen LogP contribution in [0.2, 0.25) is 0 Å². The maximum absolute atomic E-state index is 13.6. The van der Waals surface area contributed by atoms with Crippen molar-refractivity contribution in [1.82, 2.24) is 4.90 Å². The summed E-state index contributed by atoms with van der Waals surface area (Å²) in [4.78, 5) is 3.43. The average Bonchev–Trinajstić information content (AvgIpc) is 2.91. The number of hydrogen-bond donors (Lipinski definition) is 2. The maximum atomic E-state index is 13.6. The van der Waals surface area contributed by atoms with Crippen LogP contribution in [0.4, 0.5) is 10.1 Å². The Morgan fingerprint density at radius 3 is 2.67 bits per heavy atom. The predicted octanol–water partition coefficient (Wildman–Crippen LogP) is 0.219. The van der Waals surface area contributed by atoms with Crippen molar-refractivity contribution in [2.24, 2.45) is 0 Å². The van der Waals surface area contributed by atoms with E-state index in [9.17, 15) is 12.8 Å². The second kappa shape index (κ2) is 6.93. The van der Waals surface area contributed by atoms with Crippen LogP contribution < -0.4 is 10.2 Å². The van der Waals surface area contributed by atoms with Gasteiger partial charge in [0.25, 0.3) is 0 Å². The third kappa shape index (κ3) is 4.04. The number of piperazine rings is 1. The molecule has 24 heavy (non-hydrogen) atoms. The number of thiocarbonyl (C=S) groups is 1. The lowest BCUT2D eigenvalue weighted by molar-refractivity contribution is -0.925. The molecule has 5 nitrogen and oxygen atoms in total. The lowest BCUT2D eigenvalue weighted by Gasteiger charge is -2.36. The number of rotatable bonds is 2. The van der Waals surface area contributed by atoms with Crippen molar-refractivity contribution in [3.05, 3.63) is 29.6 Å². The van der Waals surface area contributed by atoms with Crippen LogP contribution in [0.1, 0.15) is 12.0 Å². The molecule has 0 saturated carbocycles. The van der Waals surface area contributed by atoms with Gasteiger partial charge in [0.2, 0.25) is 0 Å². The van der Waals surface area contributed by atoms with Crippen molar-refractivity contribution in [1.29, 1.82) is 0 Å². The van der Waals surface area contributed by atoms with Crippen molar-refractivity contribution in [2.75, 3.05) is 43.0 Å². The minimum atomic E-state index is -2.83. The fraction of sp³-hybridized carbons (Fsp3) is 0.562. The van der Waals surface area contributed by atoms with Gasteiger partial charge in [0.1, 0.15) is 17.6 Å². The summed E-state index contributed by atoms with van der Waals surface area (Å²) in [6, 6.07) is 5.22. The lowest BCUT2D eigenvalue weighted by atomic mass is 10.2. The van der Waals surface area contributed by atoms with Crippen LogP contribution in [0.3, 0.4) is 0 Å². The molecule has 2 aliphatic heterocycles. The Bertz CT molecular complexity index is 731. The maximum Gasteiger partial charge on any atom is 0.173 e. The molecule has 0 radical (unpaired) electrons. The third-order valence-corrected chi connectivity index (χ3v) is 7.05. The van der Waals surface area contributed by atoms with E-state index in [4.69, 9.17) is 12.2 Å². The van der Waals surface area contributed by atoms with Gasteiger partial charge in [0, 0.05) is 12.1 Å². The molecule has 2 heterocycles. The summed E-state index contributed by atoms with van der Waals surface area (Å²) in [7, 11) is -2.83. The number of sulfone groups is 1. The van der Waals surface area contributed by atoms with E-state index in [0.717, 1.165) is 32.6 Å². The van der Waals surface area contributed by atoms with Gasteiger partial charge in [-0.15, -0.1) is 0 Å². The van der Waals surface area contributed by atoms with E-state index < -0.39 is 9.84 Å². The highest BCUT2D eigenvalue weighted by atomic mass is 32.2. The van der Waals surface area contributed by atoms with Gasteiger partial charge in [0.15, 0.2) is 14.9 Å². The van der Waals surface area contributed by atoms with E-state index in [2.05, 4.69) is 10.2 Å². The van der Waals surface area contributed by atoms with Gasteiger partial charge >= 0.3 is 0 Å². The van der Waals surface area contributed by atoms with Crippen LogP contribution in [-0.4, -0.2) is 62.2 Å². The molecule has 3 rings (SSSR count). The first-order chi connectivity index (χ1) is 11.3. The molecular formula is C16H23FN3O2S2+. The van der Waals surface area contributed by atoms with E-state index in [1.165, 1.54) is 11.0 Å². The summed E-state index contributed by atoms with van der Waals surface area (Å²) in [6.07, 6.45) is 0.767.